The summed E-state index contributed by atoms with van der Waals surface area (Å²) in [6.07, 6.45) is 3.21. The highest BCUT2D eigenvalue weighted by Crippen LogP contribution is 1.95. The van der Waals surface area contributed by atoms with Crippen LogP contribution >= 0.6 is 0 Å². The van der Waals surface area contributed by atoms with Crippen LogP contribution in [0.25, 0.3) is 0 Å². The van der Waals surface area contributed by atoms with E-state index < -0.39 is 0 Å². The molecule has 0 fully saturated rings. The van der Waals surface area contributed by atoms with Gasteiger partial charge in [-0.05, 0) is 25.8 Å². The maximum Gasteiger partial charge on any atom is 0.00366 e. The maximum atomic E-state index is 5.60. The lowest BCUT2D eigenvalue weighted by Gasteiger charge is -2.04. The average molecular weight is 134 g/mol. The van der Waals surface area contributed by atoms with Crippen LogP contribution in [0.3, 0.4) is 0 Å². The van der Waals surface area contributed by atoms with Crippen LogP contribution < -0.4 is 11.5 Å². The van der Waals surface area contributed by atoms with E-state index in [2.05, 4.69) is 6.92 Å². The van der Waals surface area contributed by atoms with Crippen molar-refractivity contribution in [3.05, 3.63) is 0 Å². The molecule has 1 unspecified atom stereocenters. The molecule has 0 aliphatic rings. The molecule has 3 heteroatoms. The smallest absolute Gasteiger partial charge is 0.00366 e. The van der Waals surface area contributed by atoms with Crippen molar-refractivity contribution in [1.82, 2.24) is 0 Å². The van der Waals surface area contributed by atoms with Crippen molar-refractivity contribution < 1.29 is 5.48 Å². The molecule has 0 bridgehead atoms. The second-order valence-corrected chi connectivity index (χ2v) is 2.10. The minimum absolute atomic E-state index is 0. The molecule has 9 heavy (non-hydrogen) atoms. The number of nitrogens with two attached hydrogens (primary N) is 2. The lowest BCUT2D eigenvalue weighted by Crippen LogP contribution is -2.19. The predicted octanol–water partition coefficient (Wildman–Crippen LogP) is -0.362. The Morgan fingerprint density at radius 1 is 1.44 bits per heavy atom. The Labute approximate surface area is 56.7 Å². The molecule has 3 nitrogen and oxygen atoms in total. The fourth-order valence-electron chi connectivity index (χ4n) is 0.584. The largest absolute Gasteiger partial charge is 0.412 e. The van der Waals surface area contributed by atoms with E-state index in [0.29, 0.717) is 6.04 Å². The number of hydrogen-bond acceptors (Lipinski definition) is 2. The van der Waals surface area contributed by atoms with Gasteiger partial charge in [-0.15, -0.1) is 0 Å². The predicted molar refractivity (Wildman–Crippen MR) is 40.2 cm³/mol. The van der Waals surface area contributed by atoms with E-state index in [1.165, 1.54) is 0 Å². The Hall–Kier alpha value is -0.120. The normalized spacial score (nSPS) is 12.3. The summed E-state index contributed by atoms with van der Waals surface area (Å²) in [5.41, 5.74) is 10.9. The van der Waals surface area contributed by atoms with E-state index in [9.17, 15) is 0 Å². The molecule has 6 N–H and O–H groups in total. The summed E-state index contributed by atoms with van der Waals surface area (Å²) in [6.45, 7) is 2.87. The van der Waals surface area contributed by atoms with E-state index in [1.54, 1.807) is 0 Å². The van der Waals surface area contributed by atoms with E-state index in [0.717, 1.165) is 25.8 Å². The molecule has 0 saturated heterocycles. The van der Waals surface area contributed by atoms with Gasteiger partial charge in [-0.25, -0.2) is 0 Å². The van der Waals surface area contributed by atoms with E-state index in [4.69, 9.17) is 11.5 Å². The molecule has 0 amide bonds. The third-order valence-electron chi connectivity index (χ3n) is 1.30. The van der Waals surface area contributed by atoms with Gasteiger partial charge in [-0.3, -0.25) is 0 Å². The molecule has 0 radical (unpaired) electrons. The van der Waals surface area contributed by atoms with Crippen LogP contribution in [0.1, 0.15) is 26.2 Å². The highest BCUT2D eigenvalue weighted by molar-refractivity contribution is 4.57. The van der Waals surface area contributed by atoms with Gasteiger partial charge in [0.05, 0.1) is 0 Å². The molecule has 0 spiro atoms. The minimum Gasteiger partial charge on any atom is -0.412 e. The average Bonchev–Trinajstić information content (AvgIpc) is 1.83. The Morgan fingerprint density at radius 2 is 2.00 bits per heavy atom. The zero-order valence-corrected chi connectivity index (χ0v) is 6.06. The first-order chi connectivity index (χ1) is 3.81. The van der Waals surface area contributed by atoms with Crippen molar-refractivity contribution in [2.24, 2.45) is 11.5 Å². The van der Waals surface area contributed by atoms with Crippen LogP contribution in [-0.4, -0.2) is 18.1 Å². The fourth-order valence-corrected chi connectivity index (χ4v) is 0.584. The van der Waals surface area contributed by atoms with Crippen molar-refractivity contribution in [2.45, 2.75) is 32.2 Å². The molecule has 0 aromatic carbocycles. The van der Waals surface area contributed by atoms with Gasteiger partial charge in [0.1, 0.15) is 0 Å². The fraction of sp³-hybridized carbons (Fsp3) is 1.00. The number of rotatable bonds is 4. The maximum absolute atomic E-state index is 5.60. The van der Waals surface area contributed by atoms with E-state index in [-0.39, 0.29) is 5.48 Å². The first kappa shape index (κ1) is 11.6. The van der Waals surface area contributed by atoms with Gasteiger partial charge in [0.25, 0.3) is 0 Å². The van der Waals surface area contributed by atoms with Crippen molar-refractivity contribution in [3.63, 3.8) is 0 Å². The van der Waals surface area contributed by atoms with Gasteiger partial charge in [-0.1, -0.05) is 6.92 Å². The summed E-state index contributed by atoms with van der Waals surface area (Å²) in [6, 6.07) is 0.374. The van der Waals surface area contributed by atoms with Crippen molar-refractivity contribution in [2.75, 3.05) is 6.54 Å². The summed E-state index contributed by atoms with van der Waals surface area (Å²) < 4.78 is 0. The summed E-state index contributed by atoms with van der Waals surface area (Å²) >= 11 is 0. The van der Waals surface area contributed by atoms with Crippen LogP contribution in [-0.2, 0) is 0 Å². The van der Waals surface area contributed by atoms with E-state index in [1.807, 2.05) is 0 Å². The summed E-state index contributed by atoms with van der Waals surface area (Å²) in [7, 11) is 0. The molecule has 1 atom stereocenters. The zero-order valence-electron chi connectivity index (χ0n) is 6.06. The van der Waals surface area contributed by atoms with Gasteiger partial charge in [0.2, 0.25) is 0 Å². The Morgan fingerprint density at radius 3 is 2.33 bits per heavy atom. The van der Waals surface area contributed by atoms with Crippen LogP contribution in [0.15, 0.2) is 0 Å². The van der Waals surface area contributed by atoms with Gasteiger partial charge < -0.3 is 16.9 Å². The Kier molecular flexibility index (Phi) is 10.2. The number of hydrogen-bond donors (Lipinski definition) is 2. The van der Waals surface area contributed by atoms with Crippen molar-refractivity contribution in [1.29, 1.82) is 0 Å². The van der Waals surface area contributed by atoms with Gasteiger partial charge in [-0.2, -0.15) is 0 Å². The molecule has 0 heterocycles. The van der Waals surface area contributed by atoms with Crippen molar-refractivity contribution >= 4 is 0 Å². The van der Waals surface area contributed by atoms with Crippen LogP contribution in [0.2, 0.25) is 0 Å². The van der Waals surface area contributed by atoms with Crippen molar-refractivity contribution in [3.8, 4) is 0 Å². The molecular formula is C6H18N2O. The monoisotopic (exact) mass is 134 g/mol. The molecule has 0 aromatic rings. The molecule has 0 aliphatic carbocycles. The highest BCUT2D eigenvalue weighted by Gasteiger charge is 1.94. The molecule has 0 aromatic heterocycles. The van der Waals surface area contributed by atoms with Gasteiger partial charge >= 0.3 is 0 Å². The Balaban J connectivity index is 0. The first-order valence-corrected chi connectivity index (χ1v) is 3.27. The van der Waals surface area contributed by atoms with Crippen LogP contribution in [0.4, 0.5) is 0 Å². The minimum atomic E-state index is 0. The molecule has 58 valence electrons. The third kappa shape index (κ3) is 7.88. The second kappa shape index (κ2) is 7.88. The SMILES string of the molecule is CCC(N)CCCN.O. The lowest BCUT2D eigenvalue weighted by molar-refractivity contribution is 0.573. The topological polar surface area (TPSA) is 83.5 Å². The highest BCUT2D eigenvalue weighted by atomic mass is 16.0. The molecule has 0 saturated carbocycles. The summed E-state index contributed by atoms with van der Waals surface area (Å²) in [5, 5.41) is 0. The molecular weight excluding hydrogens is 116 g/mol. The molecule has 0 rings (SSSR count). The van der Waals surface area contributed by atoms with E-state index >= 15 is 0 Å². The lowest BCUT2D eigenvalue weighted by atomic mass is 10.1. The molecule has 0 aliphatic heterocycles. The Bertz CT molecular complexity index is 50.3. The quantitative estimate of drug-likeness (QED) is 0.550. The summed E-state index contributed by atoms with van der Waals surface area (Å²) in [4.78, 5) is 0. The first-order valence-electron chi connectivity index (χ1n) is 3.27. The van der Waals surface area contributed by atoms with Gasteiger partial charge in [0.15, 0.2) is 0 Å². The zero-order chi connectivity index (χ0) is 6.41. The third-order valence-corrected chi connectivity index (χ3v) is 1.30. The van der Waals surface area contributed by atoms with Gasteiger partial charge in [0, 0.05) is 6.04 Å². The second-order valence-electron chi connectivity index (χ2n) is 2.10. The van der Waals surface area contributed by atoms with Crippen LogP contribution in [0, 0.1) is 0 Å². The van der Waals surface area contributed by atoms with Crippen LogP contribution in [0.5, 0.6) is 0 Å². The summed E-state index contributed by atoms with van der Waals surface area (Å²) in [5.74, 6) is 0. The standard InChI is InChI=1S/C6H16N2.H2O/c1-2-6(8)4-3-5-7;/h6H,2-5,7-8H2,1H3;1H2.